The van der Waals surface area contributed by atoms with Gasteiger partial charge in [0, 0.05) is 6.42 Å². The zero-order chi connectivity index (χ0) is 34.8. The third kappa shape index (κ3) is 7.37. The lowest BCUT2D eigenvalue weighted by Crippen LogP contribution is -2.68. The average Bonchev–Trinajstić information content (AvgIpc) is 3.03. The number of hydrogen-bond donors (Lipinski definition) is 0. The molecule has 0 heterocycles. The number of esters is 1. The summed E-state index contributed by atoms with van der Waals surface area (Å²) in [6.07, 6.45) is 33.2. The summed E-state index contributed by atoms with van der Waals surface area (Å²) in [6.45, 7) is 23.5. The lowest BCUT2D eigenvalue weighted by molar-refractivity contribution is -0.263. The molecule has 0 unspecified atom stereocenters. The van der Waals surface area contributed by atoms with Gasteiger partial charge in [0.15, 0.2) is 0 Å². The molecule has 10 atom stereocenters. The first-order chi connectivity index (χ1) is 22.7. The van der Waals surface area contributed by atoms with Crippen LogP contribution in [0.1, 0.15) is 223 Å². The third-order valence-electron chi connectivity index (χ3n) is 17.7. The fourth-order valence-corrected chi connectivity index (χ4v) is 14.0. The Morgan fingerprint density at radius 2 is 1.10 bits per heavy atom. The first-order valence-corrected chi connectivity index (χ1v) is 21.8. The number of fused-ring (bicyclic) bond motifs is 7. The first kappa shape index (κ1) is 38.7. The maximum atomic E-state index is 13.1. The number of unbranched alkanes of at least 4 members (excludes halogenated alkanes) is 12. The van der Waals surface area contributed by atoms with Crippen molar-refractivity contribution in [2.24, 2.45) is 56.2 Å². The van der Waals surface area contributed by atoms with Gasteiger partial charge in [0.25, 0.3) is 0 Å². The lowest BCUT2D eigenvalue weighted by atomic mass is 9.30. The van der Waals surface area contributed by atoms with E-state index in [-0.39, 0.29) is 17.5 Å². The van der Waals surface area contributed by atoms with E-state index in [2.05, 4.69) is 62.3 Å². The molecule has 5 saturated carbocycles. The highest BCUT2D eigenvalue weighted by Crippen LogP contribution is 2.78. The van der Waals surface area contributed by atoms with Crippen molar-refractivity contribution in [3.8, 4) is 0 Å². The number of carbonyl (C=O) groups is 1. The van der Waals surface area contributed by atoms with E-state index in [9.17, 15) is 4.79 Å². The quantitative estimate of drug-likeness (QED) is 0.128. The van der Waals surface area contributed by atoms with Gasteiger partial charge in [-0.3, -0.25) is 4.79 Å². The van der Waals surface area contributed by atoms with Gasteiger partial charge in [0.05, 0.1) is 0 Å². The maximum absolute atomic E-state index is 13.1. The van der Waals surface area contributed by atoms with Crippen molar-refractivity contribution in [3.05, 3.63) is 0 Å². The molecule has 48 heavy (non-hydrogen) atoms. The third-order valence-corrected chi connectivity index (χ3v) is 17.7. The van der Waals surface area contributed by atoms with Crippen LogP contribution in [0.15, 0.2) is 0 Å². The molecule has 0 aromatic heterocycles. The van der Waals surface area contributed by atoms with Gasteiger partial charge < -0.3 is 4.74 Å². The maximum Gasteiger partial charge on any atom is 0.306 e. The second-order valence-corrected chi connectivity index (χ2v) is 21.0. The van der Waals surface area contributed by atoms with Gasteiger partial charge in [-0.1, -0.05) is 139 Å². The Morgan fingerprint density at radius 1 is 0.562 bits per heavy atom. The molecule has 5 aliphatic carbocycles. The Morgan fingerprint density at radius 3 is 1.73 bits per heavy atom. The van der Waals surface area contributed by atoms with Crippen molar-refractivity contribution in [1.82, 2.24) is 0 Å². The fraction of sp³-hybridized carbons (Fsp3) is 0.978. The van der Waals surface area contributed by atoms with Crippen molar-refractivity contribution in [3.63, 3.8) is 0 Å². The number of rotatable bonds is 15. The fourth-order valence-electron chi connectivity index (χ4n) is 14.0. The van der Waals surface area contributed by atoms with Crippen LogP contribution in [0.25, 0.3) is 0 Å². The average molecular weight is 667 g/mol. The summed E-state index contributed by atoms with van der Waals surface area (Å²) in [7, 11) is 0. The molecule has 2 heteroatoms. The van der Waals surface area contributed by atoms with Crippen LogP contribution in [0.4, 0.5) is 0 Å². The van der Waals surface area contributed by atoms with Crippen LogP contribution in [0.5, 0.6) is 0 Å². The van der Waals surface area contributed by atoms with Gasteiger partial charge >= 0.3 is 5.97 Å². The Balaban J connectivity index is 1.10. The van der Waals surface area contributed by atoms with Crippen LogP contribution < -0.4 is 0 Å². The predicted octanol–water partition coefficient (Wildman–Crippen LogP) is 14.3. The lowest BCUT2D eigenvalue weighted by Gasteiger charge is -2.75. The molecular formula is C46H82O2. The summed E-state index contributed by atoms with van der Waals surface area (Å²) in [4.78, 5) is 13.1. The molecule has 0 aromatic carbocycles. The van der Waals surface area contributed by atoms with Crippen molar-refractivity contribution >= 4 is 5.97 Å². The summed E-state index contributed by atoms with van der Waals surface area (Å²) >= 11 is 0. The zero-order valence-electron chi connectivity index (χ0n) is 33.9. The summed E-state index contributed by atoms with van der Waals surface area (Å²) < 4.78 is 6.37. The monoisotopic (exact) mass is 667 g/mol. The van der Waals surface area contributed by atoms with Crippen molar-refractivity contribution in [2.75, 3.05) is 0 Å². The summed E-state index contributed by atoms with van der Waals surface area (Å²) in [5.41, 5.74) is 2.64. The second kappa shape index (κ2) is 15.2. The molecule has 0 aliphatic heterocycles. The largest absolute Gasteiger partial charge is 0.462 e. The predicted molar refractivity (Wildman–Crippen MR) is 205 cm³/mol. The van der Waals surface area contributed by atoms with Crippen LogP contribution in [0, 0.1) is 56.2 Å². The molecule has 0 spiro atoms. The van der Waals surface area contributed by atoms with Crippen LogP contribution in [-0.4, -0.2) is 12.1 Å². The number of carbonyl (C=O) groups excluding carboxylic acids is 1. The Kier molecular flexibility index (Phi) is 12.3. The molecule has 5 fully saturated rings. The highest BCUT2D eigenvalue weighted by atomic mass is 16.5. The van der Waals surface area contributed by atoms with E-state index >= 15 is 0 Å². The SMILES string of the molecule is CCCCCCCCCCCCCCCC(=O)O[C@@H]1CC[C@@H]2[C@](C)(CC[C@H]3[C@@]2(C)CC[C@@]2(C)[C@@H]4CC(C)(C)CC[C@]4(C)CC[C@]32C)[C@H]1C. The normalized spacial score (nSPS) is 43.4. The Hall–Kier alpha value is -0.530. The topological polar surface area (TPSA) is 26.3 Å². The molecule has 0 N–H and O–H groups in total. The van der Waals surface area contributed by atoms with E-state index in [0.29, 0.717) is 39.4 Å². The van der Waals surface area contributed by atoms with E-state index in [0.717, 1.165) is 30.6 Å². The molecule has 0 aromatic rings. The van der Waals surface area contributed by atoms with E-state index in [1.807, 2.05) is 0 Å². The van der Waals surface area contributed by atoms with Crippen molar-refractivity contribution < 1.29 is 9.53 Å². The van der Waals surface area contributed by atoms with E-state index in [1.54, 1.807) is 0 Å². The first-order valence-electron chi connectivity index (χ1n) is 21.8. The molecule has 5 aliphatic rings. The standard InChI is InChI=1S/C46H82O2/c1-10-11-12-13-14-15-16-17-18-19-20-21-22-23-40(47)48-36-24-25-37-43(6,35(36)2)27-26-38-44(37,7)31-33-46(9)39-34-41(3,4)28-29-42(39,5)30-32-45(38,46)8/h35-39H,10-34H2,1-9H3/t35-,36+,37+,38-,39+,42+,43+,44-,45+,46-/m0/s1. The van der Waals surface area contributed by atoms with Crippen LogP contribution >= 0.6 is 0 Å². The molecule has 0 amide bonds. The molecule has 5 rings (SSSR count). The highest BCUT2D eigenvalue weighted by Gasteiger charge is 2.71. The molecule has 0 bridgehead atoms. The van der Waals surface area contributed by atoms with Crippen molar-refractivity contribution in [1.29, 1.82) is 0 Å². The summed E-state index contributed by atoms with van der Waals surface area (Å²) in [5, 5.41) is 0. The van der Waals surface area contributed by atoms with Gasteiger partial charge in [0.1, 0.15) is 6.10 Å². The zero-order valence-corrected chi connectivity index (χ0v) is 33.9. The number of ether oxygens (including phenoxy) is 1. The molecule has 0 radical (unpaired) electrons. The minimum atomic E-state index is 0.0819. The van der Waals surface area contributed by atoms with E-state index < -0.39 is 0 Å². The number of hydrogen-bond acceptors (Lipinski definition) is 2. The molecule has 278 valence electrons. The second-order valence-electron chi connectivity index (χ2n) is 21.0. The van der Waals surface area contributed by atoms with Gasteiger partial charge in [0.2, 0.25) is 0 Å². The minimum absolute atomic E-state index is 0.0819. The molecule has 2 nitrogen and oxygen atoms in total. The molecular weight excluding hydrogens is 585 g/mol. The van der Waals surface area contributed by atoms with Crippen molar-refractivity contribution in [2.45, 2.75) is 229 Å². The van der Waals surface area contributed by atoms with E-state index in [4.69, 9.17) is 4.74 Å². The smallest absolute Gasteiger partial charge is 0.306 e. The van der Waals surface area contributed by atoms with E-state index in [1.165, 1.54) is 141 Å². The van der Waals surface area contributed by atoms with Crippen LogP contribution in [0.2, 0.25) is 0 Å². The Bertz CT molecular complexity index is 1060. The van der Waals surface area contributed by atoms with Gasteiger partial charge in [-0.05, 0) is 133 Å². The van der Waals surface area contributed by atoms with Gasteiger partial charge in [-0.15, -0.1) is 0 Å². The van der Waals surface area contributed by atoms with Gasteiger partial charge in [-0.2, -0.15) is 0 Å². The highest BCUT2D eigenvalue weighted by molar-refractivity contribution is 5.69. The Labute approximate surface area is 299 Å². The molecule has 0 saturated heterocycles. The van der Waals surface area contributed by atoms with Crippen LogP contribution in [-0.2, 0) is 9.53 Å². The summed E-state index contributed by atoms with van der Waals surface area (Å²) in [6, 6.07) is 0. The minimum Gasteiger partial charge on any atom is -0.462 e. The summed E-state index contributed by atoms with van der Waals surface area (Å²) in [5.74, 6) is 3.00. The van der Waals surface area contributed by atoms with Gasteiger partial charge in [-0.25, -0.2) is 0 Å². The van der Waals surface area contributed by atoms with Crippen LogP contribution in [0.3, 0.4) is 0 Å².